The maximum atomic E-state index is 13.1. The SMILES string of the molecule is Cc1ccc(C2(C(=O)NCCCNC(=O)c3cc(C)n(C)n3)CCOCC2)cc1. The molecule has 7 nitrogen and oxygen atoms in total. The fourth-order valence-corrected chi connectivity index (χ4v) is 3.66. The predicted molar refractivity (Wildman–Crippen MR) is 111 cm³/mol. The van der Waals surface area contributed by atoms with Crippen molar-refractivity contribution in [3.63, 3.8) is 0 Å². The molecule has 1 aliphatic rings. The van der Waals surface area contributed by atoms with E-state index in [1.54, 1.807) is 10.7 Å². The maximum absolute atomic E-state index is 13.1. The molecule has 0 atom stereocenters. The van der Waals surface area contributed by atoms with Crippen LogP contribution in [0.4, 0.5) is 0 Å². The van der Waals surface area contributed by atoms with E-state index in [-0.39, 0.29) is 11.8 Å². The number of aromatic nitrogens is 2. The number of aryl methyl sites for hydroxylation is 3. The molecule has 156 valence electrons. The fraction of sp³-hybridized carbons (Fsp3) is 0.500. The Morgan fingerprint density at radius 1 is 1.10 bits per heavy atom. The number of carbonyl (C=O) groups is 2. The molecule has 0 saturated carbocycles. The molecule has 3 rings (SSSR count). The van der Waals surface area contributed by atoms with Crippen LogP contribution in [0.2, 0.25) is 0 Å². The van der Waals surface area contributed by atoms with Crippen LogP contribution < -0.4 is 10.6 Å². The minimum atomic E-state index is -0.541. The number of benzene rings is 1. The third-order valence-corrected chi connectivity index (χ3v) is 5.66. The summed E-state index contributed by atoms with van der Waals surface area (Å²) in [6.45, 7) is 6.10. The lowest BCUT2D eigenvalue weighted by Gasteiger charge is -2.36. The van der Waals surface area contributed by atoms with Gasteiger partial charge in [0.15, 0.2) is 0 Å². The average Bonchev–Trinajstić information content (AvgIpc) is 3.07. The zero-order valence-corrected chi connectivity index (χ0v) is 17.5. The molecule has 7 heteroatoms. The van der Waals surface area contributed by atoms with E-state index < -0.39 is 5.41 Å². The molecule has 2 aromatic rings. The summed E-state index contributed by atoms with van der Waals surface area (Å²) >= 11 is 0. The molecule has 2 N–H and O–H groups in total. The highest BCUT2D eigenvalue weighted by atomic mass is 16.5. The van der Waals surface area contributed by atoms with E-state index in [1.807, 2.05) is 20.9 Å². The number of nitrogens with one attached hydrogen (secondary N) is 2. The number of amides is 2. The largest absolute Gasteiger partial charge is 0.381 e. The average molecular weight is 399 g/mol. The minimum Gasteiger partial charge on any atom is -0.381 e. The highest BCUT2D eigenvalue weighted by Crippen LogP contribution is 2.35. The van der Waals surface area contributed by atoms with Crippen molar-refractivity contribution in [2.45, 2.75) is 38.5 Å². The third kappa shape index (κ3) is 4.85. The van der Waals surface area contributed by atoms with E-state index in [9.17, 15) is 9.59 Å². The molecule has 2 amide bonds. The first kappa shape index (κ1) is 21.0. The highest BCUT2D eigenvalue weighted by molar-refractivity contribution is 5.92. The predicted octanol–water partition coefficient (Wildman–Crippen LogP) is 2.02. The molecule has 0 unspecified atom stereocenters. The fourth-order valence-electron chi connectivity index (χ4n) is 3.66. The second-order valence-electron chi connectivity index (χ2n) is 7.72. The van der Waals surface area contributed by atoms with Crippen LogP contribution in [0.25, 0.3) is 0 Å². The molecular formula is C22H30N4O3. The zero-order valence-electron chi connectivity index (χ0n) is 17.5. The maximum Gasteiger partial charge on any atom is 0.271 e. The topological polar surface area (TPSA) is 85.3 Å². The van der Waals surface area contributed by atoms with E-state index in [4.69, 9.17) is 4.74 Å². The number of nitrogens with zero attached hydrogens (tertiary/aromatic N) is 2. The second-order valence-corrected chi connectivity index (χ2v) is 7.72. The number of ether oxygens (including phenoxy) is 1. The summed E-state index contributed by atoms with van der Waals surface area (Å²) in [4.78, 5) is 25.2. The van der Waals surface area contributed by atoms with E-state index in [1.165, 1.54) is 5.56 Å². The normalized spacial score (nSPS) is 15.7. The van der Waals surface area contributed by atoms with Crippen LogP contribution in [-0.2, 0) is 22.0 Å². The van der Waals surface area contributed by atoms with Gasteiger partial charge in [-0.2, -0.15) is 5.10 Å². The van der Waals surface area contributed by atoms with Crippen LogP contribution in [0.5, 0.6) is 0 Å². The van der Waals surface area contributed by atoms with Gasteiger partial charge in [0.25, 0.3) is 5.91 Å². The summed E-state index contributed by atoms with van der Waals surface area (Å²) in [6, 6.07) is 9.96. The molecule has 1 fully saturated rings. The van der Waals surface area contributed by atoms with E-state index in [2.05, 4.69) is 40.0 Å². The van der Waals surface area contributed by atoms with Crippen molar-refractivity contribution in [2.24, 2.45) is 7.05 Å². The molecule has 0 radical (unpaired) electrons. The van der Waals surface area contributed by atoms with Gasteiger partial charge in [0.2, 0.25) is 5.91 Å². The Labute approximate surface area is 171 Å². The lowest BCUT2D eigenvalue weighted by atomic mass is 9.73. The van der Waals surface area contributed by atoms with Crippen molar-refractivity contribution in [1.29, 1.82) is 0 Å². The van der Waals surface area contributed by atoms with Gasteiger partial charge in [-0.1, -0.05) is 29.8 Å². The van der Waals surface area contributed by atoms with Crippen molar-refractivity contribution in [2.75, 3.05) is 26.3 Å². The third-order valence-electron chi connectivity index (χ3n) is 5.66. The van der Waals surface area contributed by atoms with Crippen molar-refractivity contribution in [1.82, 2.24) is 20.4 Å². The number of hydrogen-bond donors (Lipinski definition) is 2. The van der Waals surface area contributed by atoms with Gasteiger partial charge in [0, 0.05) is 39.0 Å². The van der Waals surface area contributed by atoms with Crippen LogP contribution in [0.15, 0.2) is 30.3 Å². The minimum absolute atomic E-state index is 0.0383. The van der Waals surface area contributed by atoms with Gasteiger partial charge in [-0.05, 0) is 44.7 Å². The standard InChI is InChI=1S/C22H30N4O3/c1-16-5-7-18(8-6-16)22(9-13-29-14-10-22)21(28)24-12-4-11-23-20(27)19-15-17(2)26(3)25-19/h5-8,15H,4,9-14H2,1-3H3,(H,23,27)(H,24,28). The van der Waals surface area contributed by atoms with Crippen molar-refractivity contribution < 1.29 is 14.3 Å². The summed E-state index contributed by atoms with van der Waals surface area (Å²) in [5.74, 6) is -0.156. The number of rotatable bonds is 7. The quantitative estimate of drug-likeness (QED) is 0.699. The van der Waals surface area contributed by atoms with Crippen molar-refractivity contribution in [3.8, 4) is 0 Å². The first-order valence-corrected chi connectivity index (χ1v) is 10.1. The summed E-state index contributed by atoms with van der Waals surface area (Å²) in [7, 11) is 1.81. The van der Waals surface area contributed by atoms with Crippen LogP contribution in [0.3, 0.4) is 0 Å². The van der Waals surface area contributed by atoms with Gasteiger partial charge in [0.05, 0.1) is 5.41 Å². The highest BCUT2D eigenvalue weighted by Gasteiger charge is 2.41. The first-order valence-electron chi connectivity index (χ1n) is 10.1. The molecule has 1 aromatic heterocycles. The van der Waals surface area contributed by atoms with Crippen LogP contribution in [0, 0.1) is 13.8 Å². The Morgan fingerprint density at radius 3 is 2.38 bits per heavy atom. The van der Waals surface area contributed by atoms with E-state index >= 15 is 0 Å². The summed E-state index contributed by atoms with van der Waals surface area (Å²) in [6.07, 6.45) is 2.01. The van der Waals surface area contributed by atoms with Crippen LogP contribution in [-0.4, -0.2) is 47.9 Å². The molecule has 1 aromatic carbocycles. The lowest BCUT2D eigenvalue weighted by Crippen LogP contribution is -2.48. The number of hydrogen-bond acceptors (Lipinski definition) is 4. The van der Waals surface area contributed by atoms with Crippen LogP contribution >= 0.6 is 0 Å². The van der Waals surface area contributed by atoms with Crippen molar-refractivity contribution >= 4 is 11.8 Å². The van der Waals surface area contributed by atoms with Gasteiger partial charge in [-0.15, -0.1) is 0 Å². The van der Waals surface area contributed by atoms with E-state index in [0.29, 0.717) is 51.3 Å². The molecule has 0 spiro atoms. The van der Waals surface area contributed by atoms with Gasteiger partial charge in [-0.3, -0.25) is 14.3 Å². The Bertz CT molecular complexity index is 832. The Hall–Kier alpha value is -2.67. The Morgan fingerprint density at radius 2 is 1.76 bits per heavy atom. The molecule has 1 aliphatic heterocycles. The van der Waals surface area contributed by atoms with Crippen molar-refractivity contribution in [3.05, 3.63) is 52.8 Å². The molecule has 1 saturated heterocycles. The molecular weight excluding hydrogens is 368 g/mol. The lowest BCUT2D eigenvalue weighted by molar-refractivity contribution is -0.130. The number of carbonyl (C=O) groups excluding carboxylic acids is 2. The molecule has 0 aliphatic carbocycles. The van der Waals surface area contributed by atoms with Gasteiger partial charge in [0.1, 0.15) is 5.69 Å². The molecule has 2 heterocycles. The smallest absolute Gasteiger partial charge is 0.271 e. The van der Waals surface area contributed by atoms with Crippen LogP contribution in [0.1, 0.15) is 46.6 Å². The van der Waals surface area contributed by atoms with Gasteiger partial charge in [-0.25, -0.2) is 0 Å². The first-order chi connectivity index (χ1) is 13.9. The summed E-state index contributed by atoms with van der Waals surface area (Å²) < 4.78 is 7.18. The summed E-state index contributed by atoms with van der Waals surface area (Å²) in [5.41, 5.74) is 3.02. The second kappa shape index (κ2) is 9.22. The van der Waals surface area contributed by atoms with E-state index in [0.717, 1.165) is 11.3 Å². The monoisotopic (exact) mass is 398 g/mol. The molecule has 0 bridgehead atoms. The summed E-state index contributed by atoms with van der Waals surface area (Å²) in [5, 5.41) is 10.1. The Kier molecular flexibility index (Phi) is 6.69. The molecule has 29 heavy (non-hydrogen) atoms. The van der Waals surface area contributed by atoms with Gasteiger partial charge >= 0.3 is 0 Å². The Balaban J connectivity index is 1.51. The zero-order chi connectivity index (χ0) is 20.9. The van der Waals surface area contributed by atoms with Gasteiger partial charge < -0.3 is 15.4 Å².